The van der Waals surface area contributed by atoms with Crippen molar-refractivity contribution in [2.24, 2.45) is 0 Å². The van der Waals surface area contributed by atoms with Crippen LogP contribution in [0.1, 0.15) is 24.2 Å². The number of halogens is 1. The Morgan fingerprint density at radius 1 is 0.920 bits per heavy atom. The van der Waals surface area contributed by atoms with Gasteiger partial charge in [0, 0.05) is 19.2 Å². The Bertz CT molecular complexity index is 873. The molecule has 0 aliphatic rings. The highest BCUT2D eigenvalue weighted by molar-refractivity contribution is 9.10. The summed E-state index contributed by atoms with van der Waals surface area (Å²) in [4.78, 5) is 35.2. The van der Waals surface area contributed by atoms with Gasteiger partial charge in [-0.25, -0.2) is 4.79 Å². The minimum atomic E-state index is -0.809. The maximum Gasteiger partial charge on any atom is 0.345 e. The normalized spacial score (nSPS) is 10.3. The van der Waals surface area contributed by atoms with Gasteiger partial charge in [0.15, 0.2) is 5.75 Å². The highest BCUT2D eigenvalue weighted by Crippen LogP contribution is 2.41. The zero-order chi connectivity index (χ0) is 18.7. The molecule has 7 nitrogen and oxygen atoms in total. The standard InChI is InChI=1S/C17H15BrO7/c1-8(19)24-14-6-10-5-12(18)13(22-3)7-11(10)16(25-9(2)20)15(14)17(21)23-4/h5-7H,1-4H3. The van der Waals surface area contributed by atoms with Crippen molar-refractivity contribution >= 4 is 44.6 Å². The van der Waals surface area contributed by atoms with Gasteiger partial charge < -0.3 is 18.9 Å². The zero-order valence-corrected chi connectivity index (χ0v) is 15.6. The fraction of sp³-hybridized carbons (Fsp3) is 0.235. The Labute approximate surface area is 151 Å². The van der Waals surface area contributed by atoms with E-state index in [1.165, 1.54) is 34.1 Å². The van der Waals surface area contributed by atoms with Crippen LogP contribution in [0.5, 0.6) is 17.2 Å². The van der Waals surface area contributed by atoms with E-state index in [0.29, 0.717) is 21.0 Å². The lowest BCUT2D eigenvalue weighted by molar-refractivity contribution is -0.132. The molecular formula is C17H15BrO7. The zero-order valence-electron chi connectivity index (χ0n) is 14.0. The Hall–Kier alpha value is -2.61. The van der Waals surface area contributed by atoms with Crippen LogP contribution in [0, 0.1) is 0 Å². The second-order valence-electron chi connectivity index (χ2n) is 4.97. The summed E-state index contributed by atoms with van der Waals surface area (Å²) in [5, 5.41) is 0.986. The summed E-state index contributed by atoms with van der Waals surface area (Å²) in [7, 11) is 2.65. The number of hydrogen-bond acceptors (Lipinski definition) is 7. The minimum Gasteiger partial charge on any atom is -0.496 e. The van der Waals surface area contributed by atoms with E-state index in [1.807, 2.05) is 0 Å². The predicted octanol–water partition coefficient (Wildman–Crippen LogP) is 3.25. The summed E-state index contributed by atoms with van der Waals surface area (Å²) in [5.41, 5.74) is -0.162. The number of fused-ring (bicyclic) bond motifs is 1. The molecule has 0 aliphatic heterocycles. The first-order valence-corrected chi connectivity index (χ1v) is 7.87. The molecule has 25 heavy (non-hydrogen) atoms. The molecule has 0 spiro atoms. The van der Waals surface area contributed by atoms with Gasteiger partial charge in [-0.05, 0) is 39.5 Å². The third-order valence-corrected chi connectivity index (χ3v) is 3.84. The van der Waals surface area contributed by atoms with Gasteiger partial charge in [0.25, 0.3) is 0 Å². The fourth-order valence-corrected chi connectivity index (χ4v) is 2.80. The minimum absolute atomic E-state index is 0.0693. The van der Waals surface area contributed by atoms with Crippen molar-refractivity contribution in [2.45, 2.75) is 13.8 Å². The highest BCUT2D eigenvalue weighted by atomic mass is 79.9. The first-order chi connectivity index (χ1) is 11.8. The summed E-state index contributed by atoms with van der Waals surface area (Å²) >= 11 is 3.36. The maximum absolute atomic E-state index is 12.2. The lowest BCUT2D eigenvalue weighted by Gasteiger charge is -2.16. The SMILES string of the molecule is COC(=O)c1c(OC(C)=O)cc2cc(Br)c(OC)cc2c1OC(C)=O. The number of methoxy groups -OCH3 is 2. The largest absolute Gasteiger partial charge is 0.496 e. The molecule has 0 unspecified atom stereocenters. The van der Waals surface area contributed by atoms with Gasteiger partial charge in [-0.1, -0.05) is 0 Å². The van der Waals surface area contributed by atoms with Crippen molar-refractivity contribution in [3.63, 3.8) is 0 Å². The van der Waals surface area contributed by atoms with E-state index in [1.54, 1.807) is 12.1 Å². The first kappa shape index (κ1) is 18.7. The molecule has 0 fully saturated rings. The van der Waals surface area contributed by atoms with Gasteiger partial charge in [-0.2, -0.15) is 0 Å². The van der Waals surface area contributed by atoms with Crippen molar-refractivity contribution in [3.05, 3.63) is 28.2 Å². The summed E-state index contributed by atoms with van der Waals surface area (Å²) in [6.07, 6.45) is 0. The molecule has 0 atom stereocenters. The number of carbonyl (C=O) groups is 3. The molecule has 2 rings (SSSR count). The number of carbonyl (C=O) groups excluding carboxylic acids is 3. The summed E-state index contributed by atoms with van der Waals surface area (Å²) < 4.78 is 21.0. The molecule has 0 bridgehead atoms. The van der Waals surface area contributed by atoms with Crippen molar-refractivity contribution in [1.82, 2.24) is 0 Å². The van der Waals surface area contributed by atoms with Crippen molar-refractivity contribution in [2.75, 3.05) is 14.2 Å². The third-order valence-electron chi connectivity index (χ3n) is 3.22. The maximum atomic E-state index is 12.2. The van der Waals surface area contributed by atoms with E-state index in [0.717, 1.165) is 0 Å². The molecule has 0 saturated carbocycles. The van der Waals surface area contributed by atoms with E-state index in [4.69, 9.17) is 18.9 Å². The number of hydrogen-bond donors (Lipinski definition) is 0. The van der Waals surface area contributed by atoms with E-state index in [9.17, 15) is 14.4 Å². The van der Waals surface area contributed by atoms with Crippen LogP contribution in [-0.2, 0) is 14.3 Å². The van der Waals surface area contributed by atoms with Crippen LogP contribution < -0.4 is 14.2 Å². The molecule has 0 saturated heterocycles. The van der Waals surface area contributed by atoms with Crippen molar-refractivity contribution in [1.29, 1.82) is 0 Å². The Morgan fingerprint density at radius 3 is 2.08 bits per heavy atom. The summed E-state index contributed by atoms with van der Waals surface area (Å²) in [6.45, 7) is 2.39. The van der Waals surface area contributed by atoms with Gasteiger partial charge in [0.1, 0.15) is 17.1 Å². The number of esters is 3. The van der Waals surface area contributed by atoms with Crippen molar-refractivity contribution < 1.29 is 33.3 Å². The predicted molar refractivity (Wildman–Crippen MR) is 92.2 cm³/mol. The molecule has 0 amide bonds. The van der Waals surface area contributed by atoms with Gasteiger partial charge in [0.2, 0.25) is 0 Å². The molecule has 2 aromatic carbocycles. The van der Waals surface area contributed by atoms with Gasteiger partial charge in [0.05, 0.1) is 18.7 Å². The van der Waals surface area contributed by atoms with E-state index in [-0.39, 0.29) is 17.1 Å². The molecule has 0 aromatic heterocycles. The van der Waals surface area contributed by atoms with Crippen LogP contribution in [0.3, 0.4) is 0 Å². The van der Waals surface area contributed by atoms with Crippen LogP contribution in [0.2, 0.25) is 0 Å². The topological polar surface area (TPSA) is 88.1 Å². The first-order valence-electron chi connectivity index (χ1n) is 7.07. The van der Waals surface area contributed by atoms with Crippen LogP contribution >= 0.6 is 15.9 Å². The Morgan fingerprint density at radius 2 is 1.56 bits per heavy atom. The lowest BCUT2D eigenvalue weighted by atomic mass is 10.0. The van der Waals surface area contributed by atoms with Crippen LogP contribution in [0.15, 0.2) is 22.7 Å². The number of ether oxygens (including phenoxy) is 4. The molecule has 0 heterocycles. The Kier molecular flexibility index (Phi) is 5.63. The smallest absolute Gasteiger partial charge is 0.345 e. The van der Waals surface area contributed by atoms with Gasteiger partial charge >= 0.3 is 17.9 Å². The third kappa shape index (κ3) is 3.90. The van der Waals surface area contributed by atoms with Crippen LogP contribution in [0.25, 0.3) is 10.8 Å². The second kappa shape index (κ2) is 7.52. The average molecular weight is 411 g/mol. The van der Waals surface area contributed by atoms with Crippen molar-refractivity contribution in [3.8, 4) is 17.2 Å². The average Bonchev–Trinajstić information content (AvgIpc) is 2.52. The molecule has 132 valence electrons. The number of rotatable bonds is 4. The van der Waals surface area contributed by atoms with E-state index in [2.05, 4.69) is 15.9 Å². The monoisotopic (exact) mass is 410 g/mol. The summed E-state index contributed by atoms with van der Waals surface area (Å²) in [6, 6.07) is 4.77. The van der Waals surface area contributed by atoms with E-state index >= 15 is 0 Å². The van der Waals surface area contributed by atoms with Gasteiger partial charge in [-0.3, -0.25) is 9.59 Å². The molecule has 0 N–H and O–H groups in total. The Balaban J connectivity index is 2.93. The molecule has 2 aromatic rings. The molecule has 0 aliphatic carbocycles. The summed E-state index contributed by atoms with van der Waals surface area (Å²) in [5.74, 6) is -1.76. The molecule has 8 heteroatoms. The van der Waals surface area contributed by atoms with E-state index < -0.39 is 17.9 Å². The fourth-order valence-electron chi connectivity index (χ4n) is 2.28. The molecular weight excluding hydrogens is 396 g/mol. The van der Waals surface area contributed by atoms with Crippen LogP contribution in [-0.4, -0.2) is 32.1 Å². The molecule has 0 radical (unpaired) electrons. The van der Waals surface area contributed by atoms with Crippen LogP contribution in [0.4, 0.5) is 0 Å². The number of benzene rings is 2. The quantitative estimate of drug-likeness (QED) is 0.564. The highest BCUT2D eigenvalue weighted by Gasteiger charge is 2.26. The second-order valence-corrected chi connectivity index (χ2v) is 5.82. The van der Waals surface area contributed by atoms with Gasteiger partial charge in [-0.15, -0.1) is 0 Å². The lowest BCUT2D eigenvalue weighted by Crippen LogP contribution is -2.13.